The Morgan fingerprint density at radius 3 is 2.83 bits per heavy atom. The Balaban J connectivity index is 1.81. The highest BCUT2D eigenvalue weighted by molar-refractivity contribution is 7.99. The Kier molecular flexibility index (Phi) is 3.92. The number of thioether (sulfide) groups is 1. The summed E-state index contributed by atoms with van der Waals surface area (Å²) in [4.78, 5) is 2.75. The van der Waals surface area contributed by atoms with E-state index >= 15 is 0 Å². The summed E-state index contributed by atoms with van der Waals surface area (Å²) < 4.78 is 0. The van der Waals surface area contributed by atoms with Crippen molar-refractivity contribution >= 4 is 11.8 Å². The lowest BCUT2D eigenvalue weighted by molar-refractivity contribution is 0.0962. The number of hydrogen-bond donors (Lipinski definition) is 1. The summed E-state index contributed by atoms with van der Waals surface area (Å²) in [5.41, 5.74) is 1.47. The minimum Gasteiger partial charge on any atom is -0.311 e. The smallest absolute Gasteiger partial charge is 0.0476 e. The molecule has 3 heteroatoms. The fourth-order valence-electron chi connectivity index (χ4n) is 3.11. The molecule has 3 rings (SSSR count). The SMILES string of the molecule is CC1CN(C2CCSC2)C(c2ccccc2)CN1. The lowest BCUT2D eigenvalue weighted by Gasteiger charge is -2.43. The molecule has 2 fully saturated rings. The van der Waals surface area contributed by atoms with Gasteiger partial charge in [0.25, 0.3) is 0 Å². The van der Waals surface area contributed by atoms with Crippen LogP contribution in [0.5, 0.6) is 0 Å². The summed E-state index contributed by atoms with van der Waals surface area (Å²) >= 11 is 2.11. The molecule has 2 saturated heterocycles. The van der Waals surface area contributed by atoms with Crippen molar-refractivity contribution < 1.29 is 0 Å². The zero-order valence-corrected chi connectivity index (χ0v) is 11.8. The van der Waals surface area contributed by atoms with Gasteiger partial charge in [-0.15, -0.1) is 0 Å². The zero-order chi connectivity index (χ0) is 12.4. The quantitative estimate of drug-likeness (QED) is 0.882. The van der Waals surface area contributed by atoms with E-state index < -0.39 is 0 Å². The first-order valence-corrected chi connectivity index (χ1v) is 8.12. The molecule has 0 amide bonds. The number of nitrogens with one attached hydrogen (secondary N) is 1. The van der Waals surface area contributed by atoms with Crippen molar-refractivity contribution in [3.05, 3.63) is 35.9 Å². The average molecular weight is 262 g/mol. The molecule has 2 heterocycles. The van der Waals surface area contributed by atoms with Gasteiger partial charge in [0.15, 0.2) is 0 Å². The average Bonchev–Trinajstić information content (AvgIpc) is 2.93. The molecule has 3 unspecified atom stereocenters. The van der Waals surface area contributed by atoms with Crippen LogP contribution >= 0.6 is 11.8 Å². The molecule has 98 valence electrons. The summed E-state index contributed by atoms with van der Waals surface area (Å²) in [5.74, 6) is 2.65. The molecule has 0 saturated carbocycles. The molecule has 3 atom stereocenters. The minimum absolute atomic E-state index is 0.561. The second kappa shape index (κ2) is 5.64. The van der Waals surface area contributed by atoms with Gasteiger partial charge in [-0.2, -0.15) is 11.8 Å². The van der Waals surface area contributed by atoms with Gasteiger partial charge in [-0.05, 0) is 24.7 Å². The molecule has 0 spiro atoms. The van der Waals surface area contributed by atoms with Gasteiger partial charge in [-0.3, -0.25) is 4.90 Å². The first kappa shape index (κ1) is 12.5. The van der Waals surface area contributed by atoms with Gasteiger partial charge in [-0.25, -0.2) is 0 Å². The van der Waals surface area contributed by atoms with E-state index in [0.29, 0.717) is 12.1 Å². The fraction of sp³-hybridized carbons (Fsp3) is 0.600. The normalized spacial score (nSPS) is 33.7. The Bertz CT molecular complexity index is 375. The Labute approximate surface area is 114 Å². The maximum atomic E-state index is 3.64. The van der Waals surface area contributed by atoms with Crippen LogP contribution in [0.4, 0.5) is 0 Å². The largest absolute Gasteiger partial charge is 0.311 e. The maximum absolute atomic E-state index is 3.64. The van der Waals surface area contributed by atoms with E-state index in [1.807, 2.05) is 0 Å². The van der Waals surface area contributed by atoms with Gasteiger partial charge >= 0.3 is 0 Å². The molecule has 0 aliphatic carbocycles. The third kappa shape index (κ3) is 2.58. The topological polar surface area (TPSA) is 15.3 Å². The Morgan fingerprint density at radius 2 is 2.11 bits per heavy atom. The first-order chi connectivity index (χ1) is 8.84. The standard InChI is InChI=1S/C15H22N2S/c1-12-10-17(14-7-8-18-11-14)15(9-16-12)13-5-3-2-4-6-13/h2-6,12,14-16H,7-11H2,1H3. The monoisotopic (exact) mass is 262 g/mol. The van der Waals surface area contributed by atoms with Gasteiger partial charge in [0.05, 0.1) is 0 Å². The van der Waals surface area contributed by atoms with Crippen LogP contribution in [0.1, 0.15) is 24.9 Å². The van der Waals surface area contributed by atoms with Crippen molar-refractivity contribution in [2.45, 2.75) is 31.5 Å². The van der Waals surface area contributed by atoms with E-state index in [-0.39, 0.29) is 0 Å². The van der Waals surface area contributed by atoms with Crippen LogP contribution < -0.4 is 5.32 Å². The van der Waals surface area contributed by atoms with E-state index in [1.165, 1.54) is 30.0 Å². The summed E-state index contributed by atoms with van der Waals surface area (Å²) in [6, 6.07) is 12.9. The van der Waals surface area contributed by atoms with Gasteiger partial charge in [0.2, 0.25) is 0 Å². The predicted octanol–water partition coefficient (Wildman–Crippen LogP) is 2.53. The summed E-state index contributed by atoms with van der Waals surface area (Å²) in [7, 11) is 0. The Morgan fingerprint density at radius 1 is 1.28 bits per heavy atom. The molecule has 1 aromatic rings. The minimum atomic E-state index is 0.561. The lowest BCUT2D eigenvalue weighted by Crippen LogP contribution is -2.54. The third-order valence-corrected chi connectivity index (χ3v) is 5.25. The molecular formula is C15H22N2S. The summed E-state index contributed by atoms with van der Waals surface area (Å²) in [5, 5.41) is 3.64. The summed E-state index contributed by atoms with van der Waals surface area (Å²) in [6.45, 7) is 4.58. The molecule has 2 aliphatic rings. The van der Waals surface area contributed by atoms with Crippen LogP contribution in [-0.2, 0) is 0 Å². The zero-order valence-electron chi connectivity index (χ0n) is 11.0. The highest BCUT2D eigenvalue weighted by Crippen LogP contribution is 2.31. The number of piperazine rings is 1. The molecular weight excluding hydrogens is 240 g/mol. The van der Waals surface area contributed by atoms with Crippen LogP contribution in [0.3, 0.4) is 0 Å². The van der Waals surface area contributed by atoms with Gasteiger partial charge in [0, 0.05) is 37.0 Å². The number of benzene rings is 1. The van der Waals surface area contributed by atoms with Crippen LogP contribution in [0.15, 0.2) is 30.3 Å². The molecule has 1 aromatic carbocycles. The third-order valence-electron chi connectivity index (χ3n) is 4.10. The van der Waals surface area contributed by atoms with Gasteiger partial charge in [-0.1, -0.05) is 30.3 Å². The van der Waals surface area contributed by atoms with Crippen LogP contribution in [0.25, 0.3) is 0 Å². The second-order valence-corrected chi connectivity index (χ2v) is 6.60. The highest BCUT2D eigenvalue weighted by Gasteiger charge is 2.33. The van der Waals surface area contributed by atoms with Crippen molar-refractivity contribution in [1.82, 2.24) is 10.2 Å². The van der Waals surface area contributed by atoms with Crippen molar-refractivity contribution in [2.24, 2.45) is 0 Å². The number of nitrogens with zero attached hydrogens (tertiary/aromatic N) is 1. The van der Waals surface area contributed by atoms with Crippen molar-refractivity contribution in [2.75, 3.05) is 24.6 Å². The Hall–Kier alpha value is -0.510. The second-order valence-electron chi connectivity index (χ2n) is 5.45. The summed E-state index contributed by atoms with van der Waals surface area (Å²) in [6.07, 6.45) is 1.36. The molecule has 1 N–H and O–H groups in total. The van der Waals surface area contributed by atoms with E-state index in [9.17, 15) is 0 Å². The van der Waals surface area contributed by atoms with E-state index in [4.69, 9.17) is 0 Å². The predicted molar refractivity (Wildman–Crippen MR) is 79.1 cm³/mol. The van der Waals surface area contributed by atoms with Gasteiger partial charge < -0.3 is 5.32 Å². The van der Waals surface area contributed by atoms with Crippen LogP contribution in [0.2, 0.25) is 0 Å². The molecule has 0 bridgehead atoms. The first-order valence-electron chi connectivity index (χ1n) is 6.96. The molecule has 18 heavy (non-hydrogen) atoms. The lowest BCUT2D eigenvalue weighted by atomic mass is 9.99. The molecule has 0 aromatic heterocycles. The van der Waals surface area contributed by atoms with Crippen molar-refractivity contribution in [3.63, 3.8) is 0 Å². The fourth-order valence-corrected chi connectivity index (χ4v) is 4.35. The van der Waals surface area contributed by atoms with Crippen molar-refractivity contribution in [1.29, 1.82) is 0 Å². The molecule has 0 radical (unpaired) electrons. The van der Waals surface area contributed by atoms with Gasteiger partial charge in [0.1, 0.15) is 0 Å². The van der Waals surface area contributed by atoms with E-state index in [0.717, 1.165) is 12.6 Å². The van der Waals surface area contributed by atoms with Crippen LogP contribution in [0, 0.1) is 0 Å². The maximum Gasteiger partial charge on any atom is 0.0476 e. The molecule has 2 nitrogen and oxygen atoms in total. The van der Waals surface area contributed by atoms with Crippen LogP contribution in [-0.4, -0.2) is 41.6 Å². The van der Waals surface area contributed by atoms with Crippen molar-refractivity contribution in [3.8, 4) is 0 Å². The van der Waals surface area contributed by atoms with E-state index in [1.54, 1.807) is 0 Å². The number of rotatable bonds is 2. The van der Waals surface area contributed by atoms with E-state index in [2.05, 4.69) is 59.2 Å². The highest BCUT2D eigenvalue weighted by atomic mass is 32.2. The molecule has 2 aliphatic heterocycles. The number of hydrogen-bond acceptors (Lipinski definition) is 3.